The van der Waals surface area contributed by atoms with Crippen LogP contribution in [0, 0.1) is 0 Å². The van der Waals surface area contributed by atoms with Gasteiger partial charge < -0.3 is 5.32 Å². The predicted molar refractivity (Wildman–Crippen MR) is 89.1 cm³/mol. The Labute approximate surface area is 132 Å². The molecule has 0 amide bonds. The van der Waals surface area contributed by atoms with Crippen LogP contribution in [0.3, 0.4) is 0 Å². The fourth-order valence-corrected chi connectivity index (χ4v) is 3.91. The number of unbranched alkanes of at least 4 members (excludes halogenated alkanes) is 1. The molecule has 1 aromatic rings. The molecule has 0 aromatic heterocycles. The number of nitrogens with one attached hydrogen (secondary N) is 2. The van der Waals surface area contributed by atoms with Gasteiger partial charge in [-0.2, -0.15) is 11.8 Å². The van der Waals surface area contributed by atoms with Crippen molar-refractivity contribution in [3.63, 3.8) is 0 Å². The molecule has 0 saturated heterocycles. The third-order valence-electron chi connectivity index (χ3n) is 3.49. The lowest BCUT2D eigenvalue weighted by atomic mass is 10.2. The fourth-order valence-electron chi connectivity index (χ4n) is 2.11. The van der Waals surface area contributed by atoms with Crippen molar-refractivity contribution in [2.24, 2.45) is 0 Å². The zero-order valence-corrected chi connectivity index (χ0v) is 14.1. The van der Waals surface area contributed by atoms with Crippen molar-refractivity contribution in [2.75, 3.05) is 18.6 Å². The molecular weight excluding hydrogens is 304 g/mol. The Balaban J connectivity index is 1.94. The average molecular weight is 329 g/mol. The van der Waals surface area contributed by atoms with Crippen LogP contribution >= 0.6 is 11.8 Å². The minimum absolute atomic E-state index is 0.406. The van der Waals surface area contributed by atoms with E-state index < -0.39 is 10.0 Å². The summed E-state index contributed by atoms with van der Waals surface area (Å²) in [5, 5.41) is 3.37. The van der Waals surface area contributed by atoms with Gasteiger partial charge in [0.25, 0.3) is 0 Å². The van der Waals surface area contributed by atoms with Crippen LogP contribution in [-0.2, 0) is 16.6 Å². The Kier molecular flexibility index (Phi) is 6.54. The molecule has 0 radical (unpaired) electrons. The van der Waals surface area contributed by atoms with Crippen LogP contribution in [0.4, 0.5) is 0 Å². The van der Waals surface area contributed by atoms with Gasteiger partial charge in [-0.1, -0.05) is 18.2 Å². The Morgan fingerprint density at radius 3 is 2.71 bits per heavy atom. The summed E-state index contributed by atoms with van der Waals surface area (Å²) in [5.74, 6) is 1.07. The smallest absolute Gasteiger partial charge is 0.240 e. The second-order valence-corrected chi connectivity index (χ2v) is 8.08. The van der Waals surface area contributed by atoms with Crippen LogP contribution in [0.25, 0.3) is 0 Å². The molecule has 1 fully saturated rings. The maximum Gasteiger partial charge on any atom is 0.240 e. The number of thioether (sulfide) groups is 1. The van der Waals surface area contributed by atoms with Crippen molar-refractivity contribution in [3.8, 4) is 0 Å². The van der Waals surface area contributed by atoms with E-state index in [2.05, 4.69) is 16.3 Å². The fraction of sp³-hybridized carbons (Fsp3) is 0.600. The van der Waals surface area contributed by atoms with Crippen molar-refractivity contribution in [2.45, 2.75) is 43.2 Å². The lowest BCUT2D eigenvalue weighted by Crippen LogP contribution is -2.27. The first-order valence-electron chi connectivity index (χ1n) is 7.43. The number of rotatable bonds is 10. The van der Waals surface area contributed by atoms with Gasteiger partial charge >= 0.3 is 0 Å². The molecule has 1 saturated carbocycles. The van der Waals surface area contributed by atoms with Gasteiger partial charge in [-0.15, -0.1) is 0 Å². The number of sulfonamides is 1. The Bertz CT molecular complexity index is 542. The van der Waals surface area contributed by atoms with Crippen LogP contribution < -0.4 is 10.0 Å². The van der Waals surface area contributed by atoms with Crippen molar-refractivity contribution in [1.82, 2.24) is 10.0 Å². The third kappa shape index (κ3) is 5.62. The maximum absolute atomic E-state index is 12.4. The molecule has 21 heavy (non-hydrogen) atoms. The van der Waals surface area contributed by atoms with Crippen LogP contribution in [0.2, 0.25) is 0 Å². The standard InChI is InChI=1S/C15H24N2O2S2/c1-20-11-5-4-10-17-21(18,19)15-7-3-2-6-13(15)12-16-14-8-9-14/h2-3,6-7,14,16-17H,4-5,8-12H2,1H3. The van der Waals surface area contributed by atoms with E-state index in [4.69, 9.17) is 0 Å². The Hall–Kier alpha value is -0.560. The molecule has 0 bridgehead atoms. The largest absolute Gasteiger partial charge is 0.310 e. The molecule has 6 heteroatoms. The Morgan fingerprint density at radius 2 is 2.00 bits per heavy atom. The summed E-state index contributed by atoms with van der Waals surface area (Å²) in [7, 11) is -3.40. The van der Waals surface area contributed by atoms with Crippen LogP contribution in [0.15, 0.2) is 29.2 Å². The van der Waals surface area contributed by atoms with E-state index >= 15 is 0 Å². The van der Waals surface area contributed by atoms with Gasteiger partial charge in [-0.25, -0.2) is 13.1 Å². The summed E-state index contributed by atoms with van der Waals surface area (Å²) in [6.07, 6.45) is 6.37. The van der Waals surface area contributed by atoms with Crippen LogP contribution in [0.5, 0.6) is 0 Å². The molecule has 4 nitrogen and oxygen atoms in total. The maximum atomic E-state index is 12.4. The summed E-state index contributed by atoms with van der Waals surface area (Å²) in [6, 6.07) is 7.82. The molecule has 2 N–H and O–H groups in total. The number of hydrogen-bond donors (Lipinski definition) is 2. The first-order chi connectivity index (χ1) is 10.1. The van der Waals surface area contributed by atoms with E-state index in [-0.39, 0.29) is 0 Å². The molecule has 0 unspecified atom stereocenters. The third-order valence-corrected chi connectivity index (χ3v) is 5.75. The van der Waals surface area contributed by atoms with Crippen LogP contribution in [0.1, 0.15) is 31.2 Å². The molecule has 0 spiro atoms. The zero-order valence-electron chi connectivity index (χ0n) is 12.5. The van der Waals surface area contributed by atoms with Crippen molar-refractivity contribution in [1.29, 1.82) is 0 Å². The van der Waals surface area contributed by atoms with Crippen LogP contribution in [-0.4, -0.2) is 33.0 Å². The van der Waals surface area contributed by atoms with Crippen molar-refractivity contribution >= 4 is 21.8 Å². The minimum atomic E-state index is -3.40. The highest BCUT2D eigenvalue weighted by molar-refractivity contribution is 7.98. The SMILES string of the molecule is CSCCCCNS(=O)(=O)c1ccccc1CNC1CC1. The van der Waals surface area contributed by atoms with E-state index in [0.717, 1.165) is 24.2 Å². The summed E-state index contributed by atoms with van der Waals surface area (Å²) < 4.78 is 27.5. The van der Waals surface area contributed by atoms with E-state index in [1.807, 2.05) is 12.1 Å². The topological polar surface area (TPSA) is 58.2 Å². The summed E-state index contributed by atoms with van der Waals surface area (Å²) in [6.45, 7) is 1.13. The molecule has 0 atom stereocenters. The highest BCUT2D eigenvalue weighted by Gasteiger charge is 2.22. The van der Waals surface area contributed by atoms with Gasteiger partial charge in [-0.05, 0) is 49.3 Å². The second kappa shape index (κ2) is 8.17. The van der Waals surface area contributed by atoms with Gasteiger partial charge in [0.15, 0.2) is 0 Å². The average Bonchev–Trinajstić information content (AvgIpc) is 3.29. The lowest BCUT2D eigenvalue weighted by Gasteiger charge is -2.12. The van der Waals surface area contributed by atoms with Gasteiger partial charge in [0.1, 0.15) is 0 Å². The highest BCUT2D eigenvalue weighted by atomic mass is 32.2. The lowest BCUT2D eigenvalue weighted by molar-refractivity contribution is 0.575. The Morgan fingerprint density at radius 1 is 1.24 bits per heavy atom. The molecule has 1 aromatic carbocycles. The first-order valence-corrected chi connectivity index (χ1v) is 10.3. The molecule has 2 rings (SSSR count). The molecule has 118 valence electrons. The normalized spacial score (nSPS) is 15.3. The zero-order chi connectivity index (χ0) is 15.1. The quantitative estimate of drug-likeness (QED) is 0.647. The van der Waals surface area contributed by atoms with Gasteiger partial charge in [-0.3, -0.25) is 0 Å². The number of benzene rings is 1. The minimum Gasteiger partial charge on any atom is -0.310 e. The molecule has 0 heterocycles. The first kappa shape index (κ1) is 16.8. The van der Waals surface area contributed by atoms with Crippen molar-refractivity contribution < 1.29 is 8.42 Å². The molecule has 1 aliphatic rings. The van der Waals surface area contributed by atoms with E-state index in [1.165, 1.54) is 12.8 Å². The van der Waals surface area contributed by atoms with Gasteiger partial charge in [0, 0.05) is 19.1 Å². The molecule has 1 aliphatic carbocycles. The second-order valence-electron chi connectivity index (χ2n) is 5.36. The summed E-state index contributed by atoms with van der Waals surface area (Å²) in [5.41, 5.74) is 0.848. The molecular formula is C15H24N2O2S2. The van der Waals surface area contributed by atoms with Gasteiger partial charge in [0.05, 0.1) is 4.90 Å². The van der Waals surface area contributed by atoms with Crippen molar-refractivity contribution in [3.05, 3.63) is 29.8 Å². The predicted octanol–water partition coefficient (Wildman–Crippen LogP) is 2.36. The molecule has 0 aliphatic heterocycles. The summed E-state index contributed by atoms with van der Waals surface area (Å²) >= 11 is 1.79. The highest BCUT2D eigenvalue weighted by Crippen LogP contribution is 2.21. The monoisotopic (exact) mass is 328 g/mol. The van der Waals surface area contributed by atoms with Gasteiger partial charge in [0.2, 0.25) is 10.0 Å². The van der Waals surface area contributed by atoms with E-state index in [0.29, 0.717) is 24.0 Å². The van der Waals surface area contributed by atoms with E-state index in [1.54, 1.807) is 23.9 Å². The summed E-state index contributed by atoms with van der Waals surface area (Å²) in [4.78, 5) is 0.406. The van der Waals surface area contributed by atoms with E-state index in [9.17, 15) is 8.42 Å². The number of hydrogen-bond acceptors (Lipinski definition) is 4.